The molecule has 0 unspecified atom stereocenters. The lowest BCUT2D eigenvalue weighted by Crippen LogP contribution is -2.15. The van der Waals surface area contributed by atoms with Crippen LogP contribution in [-0.4, -0.2) is 20.3 Å². The Morgan fingerprint density at radius 3 is 2.84 bits per heavy atom. The quantitative estimate of drug-likeness (QED) is 0.739. The normalized spacial score (nSPS) is 11.5. The van der Waals surface area contributed by atoms with E-state index in [1.54, 1.807) is 7.11 Å². The summed E-state index contributed by atoms with van der Waals surface area (Å²) in [4.78, 5) is 0. The molecule has 0 aliphatic carbocycles. The zero-order valence-electron chi connectivity index (χ0n) is 11.2. The van der Waals surface area contributed by atoms with Crippen molar-refractivity contribution in [2.75, 3.05) is 20.3 Å². The number of halogens is 2. The Bertz CT molecular complexity index is 422. The van der Waals surface area contributed by atoms with Crippen LogP contribution in [-0.2, 0) is 6.54 Å². The van der Waals surface area contributed by atoms with Crippen LogP contribution in [0.4, 0.5) is 0 Å². The van der Waals surface area contributed by atoms with Gasteiger partial charge in [-0.2, -0.15) is 0 Å². The Labute approximate surface area is 124 Å². The fourth-order valence-corrected chi connectivity index (χ4v) is 1.64. The van der Waals surface area contributed by atoms with Gasteiger partial charge in [0.1, 0.15) is 18.1 Å². The predicted molar refractivity (Wildman–Crippen MR) is 80.3 cm³/mol. The van der Waals surface area contributed by atoms with Crippen LogP contribution in [0.3, 0.4) is 0 Å². The van der Waals surface area contributed by atoms with E-state index in [0.29, 0.717) is 5.03 Å². The first kappa shape index (κ1) is 16.2. The Kier molecular flexibility index (Phi) is 7.72. The van der Waals surface area contributed by atoms with Gasteiger partial charge in [0.05, 0.1) is 12.1 Å². The molecule has 0 amide bonds. The van der Waals surface area contributed by atoms with E-state index in [2.05, 4.69) is 12.2 Å². The van der Waals surface area contributed by atoms with E-state index >= 15 is 0 Å². The molecule has 0 aliphatic rings. The van der Waals surface area contributed by atoms with E-state index in [0.717, 1.165) is 36.6 Å². The molecule has 1 aromatic carbocycles. The molecule has 19 heavy (non-hydrogen) atoms. The van der Waals surface area contributed by atoms with E-state index in [-0.39, 0.29) is 6.61 Å². The SMILES string of the molecule is CCCNCc1ccc(OC)cc1OCC(Cl)=CCl. The van der Waals surface area contributed by atoms with Crippen LogP contribution in [0.15, 0.2) is 28.8 Å². The van der Waals surface area contributed by atoms with Crippen molar-refractivity contribution in [2.24, 2.45) is 0 Å². The summed E-state index contributed by atoms with van der Waals surface area (Å²) in [6.07, 6.45) is 1.09. The second kappa shape index (κ2) is 9.08. The monoisotopic (exact) mass is 303 g/mol. The van der Waals surface area contributed by atoms with Crippen LogP contribution < -0.4 is 14.8 Å². The minimum absolute atomic E-state index is 0.249. The lowest BCUT2D eigenvalue weighted by molar-refractivity contribution is 0.348. The van der Waals surface area contributed by atoms with Crippen molar-refractivity contribution in [3.05, 3.63) is 34.3 Å². The van der Waals surface area contributed by atoms with Gasteiger partial charge in [-0.1, -0.05) is 36.2 Å². The topological polar surface area (TPSA) is 30.5 Å². The van der Waals surface area contributed by atoms with Crippen molar-refractivity contribution < 1.29 is 9.47 Å². The molecule has 1 N–H and O–H groups in total. The molecule has 0 radical (unpaired) electrons. The first-order valence-electron chi connectivity index (χ1n) is 6.16. The smallest absolute Gasteiger partial charge is 0.128 e. The van der Waals surface area contributed by atoms with Crippen LogP contribution >= 0.6 is 23.2 Å². The summed E-state index contributed by atoms with van der Waals surface area (Å²) in [5.41, 5.74) is 2.37. The molecule has 0 saturated heterocycles. The van der Waals surface area contributed by atoms with E-state index < -0.39 is 0 Å². The van der Waals surface area contributed by atoms with Crippen LogP contribution in [0.2, 0.25) is 0 Å². The second-order valence-corrected chi connectivity index (χ2v) is 4.70. The average molecular weight is 304 g/mol. The van der Waals surface area contributed by atoms with E-state index in [4.69, 9.17) is 32.7 Å². The third kappa shape index (κ3) is 5.72. The van der Waals surface area contributed by atoms with Gasteiger partial charge in [-0.15, -0.1) is 0 Å². The molecule has 3 nitrogen and oxygen atoms in total. The minimum atomic E-state index is 0.249. The van der Waals surface area contributed by atoms with Gasteiger partial charge in [0.2, 0.25) is 0 Å². The zero-order valence-corrected chi connectivity index (χ0v) is 12.7. The Morgan fingerprint density at radius 1 is 1.42 bits per heavy atom. The summed E-state index contributed by atoms with van der Waals surface area (Å²) in [7, 11) is 1.62. The van der Waals surface area contributed by atoms with Crippen LogP contribution in [0.1, 0.15) is 18.9 Å². The molecule has 1 rings (SSSR count). The van der Waals surface area contributed by atoms with E-state index in [1.165, 1.54) is 5.54 Å². The van der Waals surface area contributed by atoms with Crippen molar-refractivity contribution in [3.8, 4) is 11.5 Å². The molecular weight excluding hydrogens is 285 g/mol. The van der Waals surface area contributed by atoms with Crippen molar-refractivity contribution in [3.63, 3.8) is 0 Å². The van der Waals surface area contributed by atoms with Gasteiger partial charge in [-0.3, -0.25) is 0 Å². The predicted octanol–water partition coefficient (Wildman–Crippen LogP) is 3.89. The summed E-state index contributed by atoms with van der Waals surface area (Å²) in [5, 5.41) is 3.79. The number of rotatable bonds is 8. The number of hydrogen-bond donors (Lipinski definition) is 1. The first-order valence-corrected chi connectivity index (χ1v) is 6.97. The van der Waals surface area contributed by atoms with Gasteiger partial charge in [-0.05, 0) is 19.0 Å². The minimum Gasteiger partial charge on any atom is -0.497 e. The summed E-state index contributed by atoms with van der Waals surface area (Å²) >= 11 is 11.3. The van der Waals surface area contributed by atoms with Gasteiger partial charge in [0.15, 0.2) is 0 Å². The Morgan fingerprint density at radius 2 is 2.21 bits per heavy atom. The molecule has 1 aromatic rings. The Hall–Kier alpha value is -0.900. The summed E-state index contributed by atoms with van der Waals surface area (Å²) < 4.78 is 10.9. The van der Waals surface area contributed by atoms with Crippen molar-refractivity contribution in [1.82, 2.24) is 5.32 Å². The van der Waals surface area contributed by atoms with Crippen LogP contribution in [0, 0.1) is 0 Å². The summed E-state index contributed by atoms with van der Waals surface area (Å²) in [5.74, 6) is 1.50. The molecule has 0 saturated carbocycles. The van der Waals surface area contributed by atoms with E-state index in [1.807, 2.05) is 18.2 Å². The maximum atomic E-state index is 5.83. The molecule has 0 aromatic heterocycles. The van der Waals surface area contributed by atoms with Crippen LogP contribution in [0.5, 0.6) is 11.5 Å². The number of ether oxygens (including phenoxy) is 2. The number of hydrogen-bond acceptors (Lipinski definition) is 3. The van der Waals surface area contributed by atoms with Gasteiger partial charge in [0.25, 0.3) is 0 Å². The number of methoxy groups -OCH3 is 1. The molecule has 106 valence electrons. The maximum Gasteiger partial charge on any atom is 0.128 e. The standard InChI is InChI=1S/C14H19Cl2NO2/c1-3-6-17-9-11-4-5-13(18-2)7-14(11)19-10-12(16)8-15/h4-5,7-8,17H,3,6,9-10H2,1-2H3. The summed E-state index contributed by atoms with van der Waals surface area (Å²) in [6.45, 7) is 4.09. The number of benzene rings is 1. The molecule has 5 heteroatoms. The molecule has 0 spiro atoms. The summed E-state index contributed by atoms with van der Waals surface area (Å²) in [6, 6.07) is 5.74. The number of nitrogens with one attached hydrogen (secondary N) is 1. The lowest BCUT2D eigenvalue weighted by Gasteiger charge is -2.13. The largest absolute Gasteiger partial charge is 0.497 e. The molecule has 0 fully saturated rings. The van der Waals surface area contributed by atoms with Crippen molar-refractivity contribution in [2.45, 2.75) is 19.9 Å². The second-order valence-electron chi connectivity index (χ2n) is 4.00. The first-order chi connectivity index (χ1) is 9.21. The van der Waals surface area contributed by atoms with Gasteiger partial charge in [0, 0.05) is 23.7 Å². The highest BCUT2D eigenvalue weighted by atomic mass is 35.5. The third-order valence-corrected chi connectivity index (χ3v) is 3.09. The molecule has 0 heterocycles. The zero-order chi connectivity index (χ0) is 14.1. The third-order valence-electron chi connectivity index (χ3n) is 2.50. The lowest BCUT2D eigenvalue weighted by atomic mass is 10.2. The average Bonchev–Trinajstić information content (AvgIpc) is 2.45. The van der Waals surface area contributed by atoms with Gasteiger partial charge < -0.3 is 14.8 Å². The highest BCUT2D eigenvalue weighted by molar-refractivity contribution is 6.36. The molecule has 0 bridgehead atoms. The maximum absolute atomic E-state index is 5.83. The fourth-order valence-electron chi connectivity index (χ4n) is 1.52. The highest BCUT2D eigenvalue weighted by Gasteiger charge is 2.06. The Balaban J connectivity index is 2.76. The van der Waals surface area contributed by atoms with Gasteiger partial charge >= 0.3 is 0 Å². The van der Waals surface area contributed by atoms with Gasteiger partial charge in [-0.25, -0.2) is 0 Å². The van der Waals surface area contributed by atoms with Crippen molar-refractivity contribution in [1.29, 1.82) is 0 Å². The fraction of sp³-hybridized carbons (Fsp3) is 0.429. The highest BCUT2D eigenvalue weighted by Crippen LogP contribution is 2.25. The molecular formula is C14H19Cl2NO2. The molecule has 0 atom stereocenters. The van der Waals surface area contributed by atoms with E-state index in [9.17, 15) is 0 Å². The molecule has 0 aliphatic heterocycles. The van der Waals surface area contributed by atoms with Crippen molar-refractivity contribution >= 4 is 23.2 Å². The van der Waals surface area contributed by atoms with Crippen LogP contribution in [0.25, 0.3) is 0 Å².